The first-order chi connectivity index (χ1) is 16.9. The van der Waals surface area contributed by atoms with E-state index >= 15 is 0 Å². The van der Waals surface area contributed by atoms with Crippen LogP contribution in [0, 0.1) is 5.92 Å². The van der Waals surface area contributed by atoms with Gasteiger partial charge in [0.2, 0.25) is 0 Å². The molecule has 0 N–H and O–H groups in total. The molecule has 6 nitrogen and oxygen atoms in total. The highest BCUT2D eigenvalue weighted by Crippen LogP contribution is 2.44. The smallest absolute Gasteiger partial charge is 0.456 e. The van der Waals surface area contributed by atoms with Crippen molar-refractivity contribution in [1.29, 1.82) is 0 Å². The Morgan fingerprint density at radius 1 is 1.08 bits per heavy atom. The number of Topliss-reactive ketones (excluding diaryl/α,β-unsaturated/α-hetero) is 1. The molecular weight excluding hydrogens is 471 g/mol. The molecule has 2 aliphatic heterocycles. The molecule has 1 saturated heterocycles. The van der Waals surface area contributed by atoms with Gasteiger partial charge in [0.1, 0.15) is 5.75 Å². The van der Waals surface area contributed by atoms with Crippen LogP contribution in [0.1, 0.15) is 72.6 Å². The number of halogens is 3. The van der Waals surface area contributed by atoms with Gasteiger partial charge in [-0.15, -0.1) is 0 Å². The van der Waals surface area contributed by atoms with Crippen LogP contribution in [0.5, 0.6) is 5.75 Å². The number of amides is 1. The molecule has 0 aliphatic carbocycles. The molecule has 0 bridgehead atoms. The van der Waals surface area contributed by atoms with Crippen LogP contribution in [-0.2, 0) is 5.54 Å². The van der Waals surface area contributed by atoms with E-state index in [2.05, 4.69) is 18.7 Å². The van der Waals surface area contributed by atoms with Crippen LogP contribution in [0.25, 0.3) is 0 Å². The molecule has 1 aromatic heterocycles. The van der Waals surface area contributed by atoms with Gasteiger partial charge in [0.05, 0.1) is 17.8 Å². The van der Waals surface area contributed by atoms with E-state index in [4.69, 9.17) is 4.74 Å². The zero-order valence-electron chi connectivity index (χ0n) is 21.3. The lowest BCUT2D eigenvalue weighted by atomic mass is 9.80. The number of nitrogens with zero attached hydrogens (tertiary/aromatic N) is 3. The van der Waals surface area contributed by atoms with Gasteiger partial charge in [-0.2, -0.15) is 13.2 Å². The molecule has 2 aromatic rings. The van der Waals surface area contributed by atoms with Crippen LogP contribution >= 0.6 is 0 Å². The Balaban J connectivity index is 1.48. The largest absolute Gasteiger partial charge is 0.494 e. The minimum atomic E-state index is -4.92. The topological polar surface area (TPSA) is 54.8 Å². The van der Waals surface area contributed by atoms with E-state index in [1.54, 1.807) is 39.8 Å². The second-order valence-electron chi connectivity index (χ2n) is 10.4. The molecule has 2 aliphatic rings. The summed E-state index contributed by atoms with van der Waals surface area (Å²) in [5.74, 6) is -0.606. The predicted molar refractivity (Wildman–Crippen MR) is 130 cm³/mol. The van der Waals surface area contributed by atoms with Crippen molar-refractivity contribution in [2.75, 3.05) is 33.3 Å². The number of fused-ring (bicyclic) bond motifs is 2. The maximum Gasteiger partial charge on any atom is 0.456 e. The number of ketones is 1. The number of carbonyl (C=O) groups excluding carboxylic acids is 2. The van der Waals surface area contributed by atoms with Crippen molar-refractivity contribution in [2.45, 2.75) is 57.8 Å². The summed E-state index contributed by atoms with van der Waals surface area (Å²) in [6.45, 7) is 8.19. The molecule has 3 heterocycles. The minimum absolute atomic E-state index is 0.0752. The maximum absolute atomic E-state index is 13.2. The molecule has 4 rings (SSSR count). The van der Waals surface area contributed by atoms with Gasteiger partial charge in [0.15, 0.2) is 0 Å². The van der Waals surface area contributed by atoms with Crippen molar-refractivity contribution in [2.24, 2.45) is 5.92 Å². The Labute approximate surface area is 210 Å². The predicted octanol–water partition coefficient (Wildman–Crippen LogP) is 5.30. The van der Waals surface area contributed by atoms with Crippen molar-refractivity contribution in [3.8, 4) is 5.75 Å². The number of benzene rings is 1. The molecule has 0 saturated carbocycles. The first-order valence-corrected chi connectivity index (χ1v) is 12.5. The number of hydrogen-bond acceptors (Lipinski definition) is 4. The van der Waals surface area contributed by atoms with Crippen molar-refractivity contribution < 1.29 is 27.5 Å². The fourth-order valence-electron chi connectivity index (χ4n) is 5.49. The SMILES string of the molecule is CC(C)CCOc1ccc(C(=O)N2CCC3(CC2)c2ccc(C(=O)C(F)(F)F)n2C(C)CN3C)cc1. The standard InChI is InChI=1S/C27H34F3N3O3/c1-18(2)11-16-36-21-7-5-20(6-8-21)25(35)32-14-12-26(13-15-32)23-10-9-22(24(34)27(28,29)30)33(23)19(3)17-31(26)4/h5-10,18-19H,11-17H2,1-4H3. The molecule has 1 amide bonds. The van der Waals surface area contributed by atoms with Gasteiger partial charge in [-0.1, -0.05) is 13.8 Å². The highest BCUT2D eigenvalue weighted by Gasteiger charge is 2.49. The number of carbonyl (C=O) groups is 2. The van der Waals surface area contributed by atoms with Crippen LogP contribution < -0.4 is 4.74 Å². The number of likely N-dealkylation sites (N-methyl/N-ethyl adjacent to an activating group) is 1. The lowest BCUT2D eigenvalue weighted by molar-refractivity contribution is -0.0894. The van der Waals surface area contributed by atoms with Crippen molar-refractivity contribution in [3.05, 3.63) is 53.3 Å². The molecule has 9 heteroatoms. The molecule has 1 aromatic carbocycles. The summed E-state index contributed by atoms with van der Waals surface area (Å²) < 4.78 is 46.9. The van der Waals surface area contributed by atoms with Gasteiger partial charge in [-0.05, 0) is 75.5 Å². The number of alkyl halides is 3. The summed E-state index contributed by atoms with van der Waals surface area (Å²) in [6, 6.07) is 9.83. The summed E-state index contributed by atoms with van der Waals surface area (Å²) >= 11 is 0. The van der Waals surface area contributed by atoms with E-state index in [9.17, 15) is 22.8 Å². The van der Waals surface area contributed by atoms with E-state index in [1.165, 1.54) is 6.07 Å². The maximum atomic E-state index is 13.2. The number of rotatable bonds is 6. The second-order valence-corrected chi connectivity index (χ2v) is 10.4. The first-order valence-electron chi connectivity index (χ1n) is 12.5. The van der Waals surface area contributed by atoms with E-state index in [0.29, 0.717) is 56.3 Å². The summed E-state index contributed by atoms with van der Waals surface area (Å²) in [4.78, 5) is 29.2. The quantitative estimate of drug-likeness (QED) is 0.501. The van der Waals surface area contributed by atoms with Gasteiger partial charge in [0, 0.05) is 36.9 Å². The third-order valence-corrected chi connectivity index (χ3v) is 7.54. The molecule has 1 fully saturated rings. The Hall–Kier alpha value is -2.81. The van der Waals surface area contributed by atoms with E-state index in [-0.39, 0.29) is 17.6 Å². The Bertz CT molecular complexity index is 1100. The molecule has 1 unspecified atom stereocenters. The lowest BCUT2D eigenvalue weighted by Crippen LogP contribution is -2.57. The van der Waals surface area contributed by atoms with Gasteiger partial charge >= 0.3 is 6.18 Å². The Kier molecular flexibility index (Phi) is 7.23. The zero-order chi connectivity index (χ0) is 26.3. The van der Waals surface area contributed by atoms with E-state index < -0.39 is 17.5 Å². The lowest BCUT2D eigenvalue weighted by Gasteiger charge is -2.52. The Morgan fingerprint density at radius 3 is 2.31 bits per heavy atom. The number of aromatic nitrogens is 1. The fourth-order valence-corrected chi connectivity index (χ4v) is 5.49. The molecule has 0 radical (unpaired) electrons. The van der Waals surface area contributed by atoms with E-state index in [0.717, 1.165) is 12.2 Å². The summed E-state index contributed by atoms with van der Waals surface area (Å²) in [6.07, 6.45) is -2.82. The molecule has 1 spiro atoms. The molecule has 196 valence electrons. The average Bonchev–Trinajstić information content (AvgIpc) is 3.28. The van der Waals surface area contributed by atoms with Crippen LogP contribution in [0.3, 0.4) is 0 Å². The Morgan fingerprint density at radius 2 is 1.72 bits per heavy atom. The molecule has 1 atom stereocenters. The third kappa shape index (κ3) is 4.90. The highest BCUT2D eigenvalue weighted by molar-refractivity contribution is 5.99. The number of piperidine rings is 1. The molecule has 36 heavy (non-hydrogen) atoms. The van der Waals surface area contributed by atoms with Gasteiger partial charge < -0.3 is 14.2 Å². The van der Waals surface area contributed by atoms with Gasteiger partial charge in [0.25, 0.3) is 11.7 Å². The first kappa shape index (κ1) is 26.3. The number of likely N-dealkylation sites (tertiary alicyclic amines) is 1. The normalized spacial score (nSPS) is 20.0. The van der Waals surface area contributed by atoms with Crippen LogP contribution in [0.4, 0.5) is 13.2 Å². The average molecular weight is 506 g/mol. The van der Waals surface area contributed by atoms with Crippen molar-refractivity contribution in [1.82, 2.24) is 14.4 Å². The van der Waals surface area contributed by atoms with E-state index in [1.807, 2.05) is 14.0 Å². The fraction of sp³-hybridized carbons (Fsp3) is 0.556. The van der Waals surface area contributed by atoms with Gasteiger partial charge in [-0.3, -0.25) is 14.5 Å². The van der Waals surface area contributed by atoms with Crippen LogP contribution in [0.15, 0.2) is 36.4 Å². The van der Waals surface area contributed by atoms with Crippen molar-refractivity contribution in [3.63, 3.8) is 0 Å². The monoisotopic (exact) mass is 505 g/mol. The van der Waals surface area contributed by atoms with Crippen LogP contribution in [-0.4, -0.2) is 65.5 Å². The summed E-state index contributed by atoms with van der Waals surface area (Å²) in [5.41, 5.74) is 0.453. The molecular formula is C27H34F3N3O3. The second kappa shape index (κ2) is 9.92. The summed E-state index contributed by atoms with van der Waals surface area (Å²) in [5, 5.41) is 0. The van der Waals surface area contributed by atoms with Crippen LogP contribution in [0.2, 0.25) is 0 Å². The minimum Gasteiger partial charge on any atom is -0.494 e. The van der Waals surface area contributed by atoms with Gasteiger partial charge in [-0.25, -0.2) is 0 Å². The number of ether oxygens (including phenoxy) is 1. The third-order valence-electron chi connectivity index (χ3n) is 7.54. The van der Waals surface area contributed by atoms with Crippen molar-refractivity contribution >= 4 is 11.7 Å². The summed E-state index contributed by atoms with van der Waals surface area (Å²) in [7, 11) is 1.97. The number of hydrogen-bond donors (Lipinski definition) is 0. The zero-order valence-corrected chi connectivity index (χ0v) is 21.3. The highest BCUT2D eigenvalue weighted by atomic mass is 19.4.